The van der Waals surface area contributed by atoms with Gasteiger partial charge in [0, 0.05) is 31.5 Å². The average molecular weight is 435 g/mol. The number of alkyl carbamates (subject to hydrolysis) is 1. The number of aromatic amines is 1. The van der Waals surface area contributed by atoms with Gasteiger partial charge in [-0.1, -0.05) is 12.1 Å². The SMILES string of the molecule is CC(C)(C)NC(=O)OC1CCN(c2nc(-n3cnc4ccccc43)c3[nH]cnc3n2)CC1. The van der Waals surface area contributed by atoms with Gasteiger partial charge in [0.2, 0.25) is 5.95 Å². The molecule has 0 spiro atoms. The number of aromatic nitrogens is 6. The quantitative estimate of drug-likeness (QED) is 0.509. The number of imidazole rings is 2. The van der Waals surface area contributed by atoms with Gasteiger partial charge in [-0.15, -0.1) is 0 Å². The first-order valence-electron chi connectivity index (χ1n) is 10.7. The summed E-state index contributed by atoms with van der Waals surface area (Å²) in [6, 6.07) is 7.93. The fourth-order valence-electron chi connectivity index (χ4n) is 3.91. The van der Waals surface area contributed by atoms with Crippen LogP contribution in [0.3, 0.4) is 0 Å². The summed E-state index contributed by atoms with van der Waals surface area (Å²) in [7, 11) is 0. The molecule has 2 N–H and O–H groups in total. The van der Waals surface area contributed by atoms with E-state index in [9.17, 15) is 4.79 Å². The predicted octanol–water partition coefficient (Wildman–Crippen LogP) is 3.19. The Morgan fingerprint density at radius 1 is 1.16 bits per heavy atom. The maximum Gasteiger partial charge on any atom is 0.407 e. The van der Waals surface area contributed by atoms with E-state index >= 15 is 0 Å². The van der Waals surface area contributed by atoms with Gasteiger partial charge in [0.25, 0.3) is 0 Å². The molecular formula is C22H26N8O2. The van der Waals surface area contributed by atoms with E-state index < -0.39 is 0 Å². The fraction of sp³-hybridized carbons (Fsp3) is 0.409. The van der Waals surface area contributed by atoms with Gasteiger partial charge < -0.3 is 19.9 Å². The number of para-hydroxylation sites is 2. The van der Waals surface area contributed by atoms with Gasteiger partial charge in [0.1, 0.15) is 17.9 Å². The zero-order valence-electron chi connectivity index (χ0n) is 18.4. The Kier molecular flexibility index (Phi) is 4.91. The number of anilines is 1. The lowest BCUT2D eigenvalue weighted by Crippen LogP contribution is -2.44. The Bertz CT molecular complexity index is 1260. The molecule has 0 bridgehead atoms. The number of ether oxygens (including phenoxy) is 1. The largest absolute Gasteiger partial charge is 0.446 e. The lowest BCUT2D eigenvalue weighted by Gasteiger charge is -2.32. The molecule has 166 valence electrons. The van der Waals surface area contributed by atoms with Crippen molar-refractivity contribution in [3.8, 4) is 5.82 Å². The van der Waals surface area contributed by atoms with E-state index in [1.54, 1.807) is 12.7 Å². The minimum absolute atomic E-state index is 0.125. The number of nitrogens with zero attached hydrogens (tertiary/aromatic N) is 6. The van der Waals surface area contributed by atoms with E-state index in [-0.39, 0.29) is 17.7 Å². The van der Waals surface area contributed by atoms with Crippen LogP contribution in [0.15, 0.2) is 36.9 Å². The lowest BCUT2D eigenvalue weighted by molar-refractivity contribution is 0.0775. The highest BCUT2D eigenvalue weighted by Crippen LogP contribution is 2.26. The molecule has 1 aliphatic heterocycles. The first kappa shape index (κ1) is 20.2. The van der Waals surface area contributed by atoms with Crippen LogP contribution in [-0.4, -0.2) is 60.3 Å². The van der Waals surface area contributed by atoms with Crippen molar-refractivity contribution in [2.24, 2.45) is 0 Å². The Hall–Kier alpha value is -3.69. The van der Waals surface area contributed by atoms with E-state index in [1.807, 2.05) is 49.6 Å². The van der Waals surface area contributed by atoms with Crippen molar-refractivity contribution in [3.63, 3.8) is 0 Å². The Balaban J connectivity index is 1.38. The second-order valence-corrected chi connectivity index (χ2v) is 9.02. The maximum absolute atomic E-state index is 12.1. The van der Waals surface area contributed by atoms with E-state index in [1.165, 1.54) is 0 Å². The number of carbonyl (C=O) groups excluding carboxylic acids is 1. The molecule has 32 heavy (non-hydrogen) atoms. The minimum atomic E-state index is -0.376. The lowest BCUT2D eigenvalue weighted by atomic mass is 10.1. The molecule has 10 nitrogen and oxygen atoms in total. The Morgan fingerprint density at radius 2 is 1.94 bits per heavy atom. The highest BCUT2D eigenvalue weighted by molar-refractivity contribution is 5.84. The van der Waals surface area contributed by atoms with Crippen LogP contribution < -0.4 is 10.2 Å². The van der Waals surface area contributed by atoms with Gasteiger partial charge in [-0.05, 0) is 32.9 Å². The van der Waals surface area contributed by atoms with Crippen LogP contribution >= 0.6 is 0 Å². The molecule has 10 heteroatoms. The molecular weight excluding hydrogens is 408 g/mol. The summed E-state index contributed by atoms with van der Waals surface area (Å²) in [5.41, 5.74) is 2.90. The molecule has 0 unspecified atom stereocenters. The smallest absolute Gasteiger partial charge is 0.407 e. The molecule has 1 fully saturated rings. The van der Waals surface area contributed by atoms with Crippen LogP contribution in [0.5, 0.6) is 0 Å². The van der Waals surface area contributed by atoms with Crippen molar-refractivity contribution >= 4 is 34.2 Å². The summed E-state index contributed by atoms with van der Waals surface area (Å²) in [6.45, 7) is 7.17. The molecule has 3 aromatic heterocycles. The molecule has 1 aliphatic rings. The van der Waals surface area contributed by atoms with Crippen molar-refractivity contribution < 1.29 is 9.53 Å². The van der Waals surface area contributed by atoms with Crippen LogP contribution in [0, 0.1) is 0 Å². The van der Waals surface area contributed by atoms with Crippen molar-refractivity contribution in [2.75, 3.05) is 18.0 Å². The fourth-order valence-corrected chi connectivity index (χ4v) is 3.91. The summed E-state index contributed by atoms with van der Waals surface area (Å²) in [4.78, 5) is 35.7. The molecule has 1 aromatic carbocycles. The molecule has 0 saturated carbocycles. The van der Waals surface area contributed by atoms with E-state index in [2.05, 4.69) is 30.2 Å². The van der Waals surface area contributed by atoms with Gasteiger partial charge in [0.05, 0.1) is 17.4 Å². The number of piperidine rings is 1. The van der Waals surface area contributed by atoms with Crippen LogP contribution in [-0.2, 0) is 4.74 Å². The van der Waals surface area contributed by atoms with Gasteiger partial charge in [-0.25, -0.2) is 14.8 Å². The number of fused-ring (bicyclic) bond motifs is 2. The number of hydrogen-bond acceptors (Lipinski definition) is 7. The van der Waals surface area contributed by atoms with E-state index in [4.69, 9.17) is 9.72 Å². The zero-order valence-corrected chi connectivity index (χ0v) is 18.4. The number of carbonyl (C=O) groups is 1. The first-order chi connectivity index (χ1) is 15.4. The van der Waals surface area contributed by atoms with Gasteiger partial charge in [0.15, 0.2) is 11.5 Å². The zero-order chi connectivity index (χ0) is 22.3. The predicted molar refractivity (Wildman–Crippen MR) is 121 cm³/mol. The topological polar surface area (TPSA) is 114 Å². The molecule has 0 aliphatic carbocycles. The second kappa shape index (κ2) is 7.77. The van der Waals surface area contributed by atoms with E-state index in [0.717, 1.165) is 16.6 Å². The number of nitrogens with one attached hydrogen (secondary N) is 2. The first-order valence-corrected chi connectivity index (χ1v) is 10.7. The van der Waals surface area contributed by atoms with Crippen LogP contribution in [0.4, 0.5) is 10.7 Å². The summed E-state index contributed by atoms with van der Waals surface area (Å²) in [5.74, 6) is 1.31. The highest BCUT2D eigenvalue weighted by atomic mass is 16.6. The third-order valence-electron chi connectivity index (χ3n) is 5.41. The Morgan fingerprint density at radius 3 is 2.72 bits per heavy atom. The average Bonchev–Trinajstić information content (AvgIpc) is 3.39. The van der Waals surface area contributed by atoms with Crippen LogP contribution in [0.2, 0.25) is 0 Å². The summed E-state index contributed by atoms with van der Waals surface area (Å²) in [6.07, 6.45) is 4.32. The van der Waals surface area contributed by atoms with Crippen molar-refractivity contribution in [2.45, 2.75) is 45.3 Å². The molecule has 0 atom stereocenters. The van der Waals surface area contributed by atoms with Crippen molar-refractivity contribution in [1.29, 1.82) is 0 Å². The number of hydrogen-bond donors (Lipinski definition) is 2. The van der Waals surface area contributed by atoms with Crippen LogP contribution in [0.25, 0.3) is 28.0 Å². The van der Waals surface area contributed by atoms with Gasteiger partial charge in [-0.3, -0.25) is 4.57 Å². The van der Waals surface area contributed by atoms with Crippen molar-refractivity contribution in [1.82, 2.24) is 34.8 Å². The minimum Gasteiger partial charge on any atom is -0.446 e. The third kappa shape index (κ3) is 3.95. The standard InChI is InChI=1S/C22H26N8O2/c1-22(2,3)28-21(31)32-14-8-10-29(11-9-14)20-26-18-17(23-12-24-18)19(27-20)30-13-25-15-6-4-5-7-16(15)30/h4-7,12-14H,8-11H2,1-3H3,(H,28,31)(H,23,24,26,27). The number of amides is 1. The third-order valence-corrected chi connectivity index (χ3v) is 5.41. The maximum atomic E-state index is 12.1. The van der Waals surface area contributed by atoms with Gasteiger partial charge in [-0.2, -0.15) is 9.97 Å². The molecule has 5 rings (SSSR count). The number of benzene rings is 1. The second-order valence-electron chi connectivity index (χ2n) is 9.02. The molecule has 1 saturated heterocycles. The van der Waals surface area contributed by atoms with E-state index in [0.29, 0.717) is 43.3 Å². The van der Waals surface area contributed by atoms with Gasteiger partial charge >= 0.3 is 6.09 Å². The highest BCUT2D eigenvalue weighted by Gasteiger charge is 2.26. The molecule has 4 heterocycles. The van der Waals surface area contributed by atoms with Crippen LogP contribution in [0.1, 0.15) is 33.6 Å². The normalized spacial score (nSPS) is 15.4. The summed E-state index contributed by atoms with van der Waals surface area (Å²) < 4.78 is 7.55. The monoisotopic (exact) mass is 434 g/mol. The summed E-state index contributed by atoms with van der Waals surface area (Å²) in [5, 5.41) is 2.84. The number of rotatable bonds is 3. The summed E-state index contributed by atoms with van der Waals surface area (Å²) >= 11 is 0. The molecule has 4 aromatic rings. The van der Waals surface area contributed by atoms with Crippen molar-refractivity contribution in [3.05, 3.63) is 36.9 Å². The Labute approximate surface area is 185 Å². The molecule has 1 amide bonds. The molecule has 0 radical (unpaired) electrons. The number of H-pyrrole nitrogens is 1.